The number of nitrogens with zero attached hydrogens (tertiary/aromatic N) is 1. The lowest BCUT2D eigenvalue weighted by Crippen LogP contribution is -2.32. The Morgan fingerprint density at radius 2 is 2.40 bits per heavy atom. The van der Waals surface area contributed by atoms with Crippen molar-refractivity contribution < 1.29 is 22.7 Å². The lowest BCUT2D eigenvalue weighted by Gasteiger charge is -2.14. The summed E-state index contributed by atoms with van der Waals surface area (Å²) in [6.07, 6.45) is 0.843. The van der Waals surface area contributed by atoms with E-state index in [0.717, 1.165) is 17.8 Å². The van der Waals surface area contributed by atoms with Crippen LogP contribution in [0.1, 0.15) is 23.8 Å². The Hall–Kier alpha value is -1.03. The monoisotopic (exact) mass is 320 g/mol. The van der Waals surface area contributed by atoms with Crippen LogP contribution in [0, 0.1) is 5.92 Å². The molecule has 1 aliphatic heterocycles. The molecule has 7 nitrogen and oxygen atoms in total. The van der Waals surface area contributed by atoms with E-state index in [9.17, 15) is 13.2 Å². The van der Waals surface area contributed by atoms with Crippen molar-refractivity contribution in [2.45, 2.75) is 23.7 Å². The highest BCUT2D eigenvalue weighted by atomic mass is 32.2. The molecule has 1 N–H and O–H groups in total. The molecule has 2 unspecified atom stereocenters. The van der Waals surface area contributed by atoms with Gasteiger partial charge in [0, 0.05) is 19.1 Å². The molecule has 1 fully saturated rings. The van der Waals surface area contributed by atoms with E-state index in [0.29, 0.717) is 6.61 Å². The van der Waals surface area contributed by atoms with E-state index < -0.39 is 16.0 Å². The molecule has 1 saturated heterocycles. The van der Waals surface area contributed by atoms with Gasteiger partial charge < -0.3 is 9.47 Å². The molecule has 0 bridgehead atoms. The summed E-state index contributed by atoms with van der Waals surface area (Å²) in [7, 11) is -2.58. The second-order valence-electron chi connectivity index (χ2n) is 4.46. The van der Waals surface area contributed by atoms with E-state index in [1.165, 1.54) is 12.6 Å². The maximum Gasteiger partial charge on any atom is 0.358 e. The number of methoxy groups -OCH3 is 1. The number of hydrogen-bond acceptors (Lipinski definition) is 7. The van der Waals surface area contributed by atoms with Crippen molar-refractivity contribution in [3.8, 4) is 0 Å². The van der Waals surface area contributed by atoms with Gasteiger partial charge in [-0.2, -0.15) is 0 Å². The first-order valence-corrected chi connectivity index (χ1v) is 8.45. The van der Waals surface area contributed by atoms with Gasteiger partial charge in [0.25, 0.3) is 10.0 Å². The first kappa shape index (κ1) is 15.4. The minimum atomic E-state index is -3.76. The Balaban J connectivity index is 2.10. The van der Waals surface area contributed by atoms with Crippen LogP contribution in [-0.4, -0.2) is 45.7 Å². The lowest BCUT2D eigenvalue weighted by molar-refractivity contribution is 0.0590. The minimum Gasteiger partial charge on any atom is -0.464 e. The van der Waals surface area contributed by atoms with Gasteiger partial charge >= 0.3 is 5.97 Å². The Morgan fingerprint density at radius 1 is 1.65 bits per heavy atom. The number of sulfonamides is 1. The molecule has 2 rings (SSSR count). The highest BCUT2D eigenvalue weighted by molar-refractivity contribution is 7.91. The Morgan fingerprint density at radius 3 is 3.00 bits per heavy atom. The largest absolute Gasteiger partial charge is 0.464 e. The van der Waals surface area contributed by atoms with Crippen LogP contribution in [0.2, 0.25) is 0 Å². The number of rotatable bonds is 5. The fraction of sp³-hybridized carbons (Fsp3) is 0.636. The molecule has 2 heterocycles. The summed E-state index contributed by atoms with van der Waals surface area (Å²) in [6.45, 7) is 2.84. The zero-order valence-corrected chi connectivity index (χ0v) is 12.8. The zero-order chi connectivity index (χ0) is 14.8. The minimum absolute atomic E-state index is 0.0271. The van der Waals surface area contributed by atoms with Crippen molar-refractivity contribution in [3.63, 3.8) is 0 Å². The number of carbonyl (C=O) groups excluding carboxylic acids is 1. The number of carbonyl (C=O) groups is 1. The van der Waals surface area contributed by atoms with E-state index in [2.05, 4.69) is 14.4 Å². The van der Waals surface area contributed by atoms with Gasteiger partial charge in [-0.3, -0.25) is 0 Å². The standard InChI is InChI=1S/C11H16N2O5S2/c1-7-8(3-4-18-7)5-13-20(15,16)11-9(10(14)17-2)12-6-19-11/h6-8,13H,3-5H2,1-2H3. The van der Waals surface area contributed by atoms with Crippen molar-refractivity contribution >= 4 is 27.3 Å². The average molecular weight is 320 g/mol. The highest BCUT2D eigenvalue weighted by Gasteiger charge is 2.29. The van der Waals surface area contributed by atoms with Gasteiger partial charge in [0.1, 0.15) is 0 Å². The third-order valence-electron chi connectivity index (χ3n) is 3.23. The van der Waals surface area contributed by atoms with Crippen molar-refractivity contribution in [3.05, 3.63) is 11.2 Å². The summed E-state index contributed by atoms with van der Waals surface area (Å²) in [4.78, 5) is 15.2. The van der Waals surface area contributed by atoms with Gasteiger partial charge in [0.05, 0.1) is 18.7 Å². The third-order valence-corrected chi connectivity index (χ3v) is 6.02. The van der Waals surface area contributed by atoms with Crippen LogP contribution in [0.3, 0.4) is 0 Å². The fourth-order valence-corrected chi connectivity index (χ4v) is 4.25. The molecule has 0 spiro atoms. The number of nitrogens with one attached hydrogen (secondary N) is 1. The summed E-state index contributed by atoms with van der Waals surface area (Å²) >= 11 is 0.890. The van der Waals surface area contributed by atoms with E-state index in [-0.39, 0.29) is 28.5 Å². The second kappa shape index (κ2) is 6.17. The number of thiazole rings is 1. The van der Waals surface area contributed by atoms with Crippen LogP contribution in [0.15, 0.2) is 9.72 Å². The molecule has 112 valence electrons. The van der Waals surface area contributed by atoms with E-state index in [1.807, 2.05) is 6.92 Å². The molecule has 1 aromatic heterocycles. The molecular formula is C11H16N2O5S2. The predicted molar refractivity (Wildman–Crippen MR) is 72.2 cm³/mol. The van der Waals surface area contributed by atoms with Crippen molar-refractivity contribution in [1.82, 2.24) is 9.71 Å². The lowest BCUT2D eigenvalue weighted by atomic mass is 10.0. The quantitative estimate of drug-likeness (QED) is 0.800. The summed E-state index contributed by atoms with van der Waals surface area (Å²) in [6, 6.07) is 0. The van der Waals surface area contributed by atoms with Crippen LogP contribution in [0.25, 0.3) is 0 Å². The van der Waals surface area contributed by atoms with E-state index >= 15 is 0 Å². The molecular weight excluding hydrogens is 304 g/mol. The third kappa shape index (κ3) is 3.17. The Kier molecular flexibility index (Phi) is 4.74. The van der Waals surface area contributed by atoms with Crippen LogP contribution in [-0.2, 0) is 19.5 Å². The van der Waals surface area contributed by atoms with Crippen LogP contribution < -0.4 is 4.72 Å². The Labute approximate surface area is 121 Å². The maximum absolute atomic E-state index is 12.2. The van der Waals surface area contributed by atoms with Crippen molar-refractivity contribution in [2.24, 2.45) is 5.92 Å². The van der Waals surface area contributed by atoms with Gasteiger partial charge in [-0.05, 0) is 13.3 Å². The molecule has 1 aromatic rings. The van der Waals surface area contributed by atoms with Gasteiger partial charge in [-0.15, -0.1) is 11.3 Å². The fourth-order valence-electron chi connectivity index (χ4n) is 1.99. The molecule has 0 saturated carbocycles. The first-order chi connectivity index (χ1) is 9.45. The van der Waals surface area contributed by atoms with Gasteiger partial charge in [-0.1, -0.05) is 0 Å². The van der Waals surface area contributed by atoms with Crippen LogP contribution in [0.5, 0.6) is 0 Å². The number of aromatic nitrogens is 1. The SMILES string of the molecule is COC(=O)c1ncsc1S(=O)(=O)NCC1CCOC1C. The first-order valence-electron chi connectivity index (χ1n) is 6.08. The summed E-state index contributed by atoms with van der Waals surface area (Å²) in [5.74, 6) is -0.622. The molecule has 0 aliphatic carbocycles. The normalized spacial score (nSPS) is 22.9. The molecule has 1 aliphatic rings. The topological polar surface area (TPSA) is 94.6 Å². The maximum atomic E-state index is 12.2. The van der Waals surface area contributed by atoms with Crippen molar-refractivity contribution in [1.29, 1.82) is 0 Å². The summed E-state index contributed by atoms with van der Waals surface area (Å²) < 4.78 is 36.7. The number of esters is 1. The molecule has 9 heteroatoms. The molecule has 0 amide bonds. The average Bonchev–Trinajstić information content (AvgIpc) is 3.04. The predicted octanol–water partition coefficient (Wildman–Crippen LogP) is 0.633. The number of hydrogen-bond donors (Lipinski definition) is 1. The van der Waals surface area contributed by atoms with E-state index in [4.69, 9.17) is 4.74 Å². The zero-order valence-electron chi connectivity index (χ0n) is 11.2. The van der Waals surface area contributed by atoms with E-state index in [1.54, 1.807) is 0 Å². The molecule has 2 atom stereocenters. The highest BCUT2D eigenvalue weighted by Crippen LogP contribution is 2.23. The smallest absolute Gasteiger partial charge is 0.358 e. The van der Waals surface area contributed by atoms with Gasteiger partial charge in [0.15, 0.2) is 9.90 Å². The molecule has 20 heavy (non-hydrogen) atoms. The molecule has 0 radical (unpaired) electrons. The van der Waals surface area contributed by atoms with Crippen LogP contribution in [0.4, 0.5) is 0 Å². The van der Waals surface area contributed by atoms with Crippen LogP contribution >= 0.6 is 11.3 Å². The summed E-state index contributed by atoms with van der Waals surface area (Å²) in [5, 5.41) is 0. The number of ether oxygens (including phenoxy) is 2. The van der Waals surface area contributed by atoms with Gasteiger partial charge in [-0.25, -0.2) is 22.9 Å². The Bertz CT molecular complexity index is 583. The second-order valence-corrected chi connectivity index (χ2v) is 7.27. The summed E-state index contributed by atoms with van der Waals surface area (Å²) in [5.41, 5.74) is 1.13. The van der Waals surface area contributed by atoms with Crippen molar-refractivity contribution in [2.75, 3.05) is 20.3 Å². The molecule has 0 aromatic carbocycles. The van der Waals surface area contributed by atoms with Gasteiger partial charge in [0.2, 0.25) is 0 Å².